The van der Waals surface area contributed by atoms with Gasteiger partial charge in [0.1, 0.15) is 0 Å². The van der Waals surface area contributed by atoms with Crippen molar-refractivity contribution in [3.63, 3.8) is 0 Å². The second-order valence-electron chi connectivity index (χ2n) is 12.6. The molecule has 6 unspecified atom stereocenters. The maximum Gasteiger partial charge on any atom is 0.0937 e. The molecule has 11 atom stereocenters. The van der Waals surface area contributed by atoms with Gasteiger partial charge in [0.05, 0.1) is 17.8 Å². The van der Waals surface area contributed by atoms with E-state index < -0.39 is 0 Å². The molecule has 0 radical (unpaired) electrons. The Bertz CT molecular complexity index is 747. The van der Waals surface area contributed by atoms with Gasteiger partial charge in [0.2, 0.25) is 0 Å². The van der Waals surface area contributed by atoms with Crippen LogP contribution in [-0.4, -0.2) is 35.5 Å². The molecule has 30 heavy (non-hydrogen) atoms. The summed E-state index contributed by atoms with van der Waals surface area (Å²) in [5.41, 5.74) is 3.89. The van der Waals surface area contributed by atoms with Crippen LogP contribution in [-0.2, 0) is 4.74 Å². The maximum absolute atomic E-state index is 10.3. The molecule has 168 valence electrons. The molecular formula is C27H43NO2. The van der Waals surface area contributed by atoms with Gasteiger partial charge in [0.15, 0.2) is 0 Å². The maximum atomic E-state index is 10.3. The smallest absolute Gasteiger partial charge is 0.0937 e. The van der Waals surface area contributed by atoms with Gasteiger partial charge in [0, 0.05) is 12.0 Å². The highest BCUT2D eigenvalue weighted by Crippen LogP contribution is 2.66. The van der Waals surface area contributed by atoms with Crippen LogP contribution >= 0.6 is 0 Å². The van der Waals surface area contributed by atoms with Crippen molar-refractivity contribution in [1.82, 2.24) is 5.32 Å². The molecule has 2 N–H and O–H groups in total. The highest BCUT2D eigenvalue weighted by atomic mass is 16.5. The zero-order chi connectivity index (χ0) is 20.8. The highest BCUT2D eigenvalue weighted by Gasteiger charge is 2.61. The molecule has 2 saturated heterocycles. The zero-order valence-electron chi connectivity index (χ0n) is 19.6. The SMILES string of the molecule is CC1=C2C[C@H]3C(CC[C@@H]4CC(O)CCC43C)[C@@H]2CCC12O[C@@H]1CC(C)CNC1[C@H]2C. The van der Waals surface area contributed by atoms with E-state index in [-0.39, 0.29) is 11.7 Å². The van der Waals surface area contributed by atoms with Crippen molar-refractivity contribution in [3.05, 3.63) is 11.1 Å². The summed E-state index contributed by atoms with van der Waals surface area (Å²) in [4.78, 5) is 0. The van der Waals surface area contributed by atoms with Crippen LogP contribution in [0.25, 0.3) is 0 Å². The molecule has 0 bridgehead atoms. The summed E-state index contributed by atoms with van der Waals surface area (Å²) in [6.45, 7) is 11.0. The van der Waals surface area contributed by atoms with Crippen molar-refractivity contribution >= 4 is 0 Å². The van der Waals surface area contributed by atoms with Crippen molar-refractivity contribution in [2.45, 2.75) is 109 Å². The number of hydrogen-bond donors (Lipinski definition) is 2. The standard InChI is InChI=1S/C27H43NO2/c1-15-11-24-25(28-14-15)17(3)27(30-24)10-8-20-21-6-5-18-12-19(29)7-9-26(18,4)23(21)13-22(20)16(27)2/h15,17-21,23-25,28-29H,5-14H2,1-4H3/t15?,17-,18-,19?,20+,21?,23+,24-,25?,26?,27?/m1/s1. The number of aliphatic hydroxyl groups is 1. The number of rotatable bonds is 0. The van der Waals surface area contributed by atoms with Crippen LogP contribution in [0.5, 0.6) is 0 Å². The molecule has 3 heteroatoms. The Kier molecular flexibility index (Phi) is 4.60. The molecule has 0 aromatic rings. The molecule has 2 aliphatic heterocycles. The van der Waals surface area contributed by atoms with Crippen molar-refractivity contribution in [3.8, 4) is 0 Å². The molecule has 0 amide bonds. The molecule has 0 aromatic carbocycles. The summed E-state index contributed by atoms with van der Waals surface area (Å²) in [6.07, 6.45) is 11.5. The number of fused-ring (bicyclic) bond motifs is 6. The van der Waals surface area contributed by atoms with Gasteiger partial charge in [-0.25, -0.2) is 0 Å². The van der Waals surface area contributed by atoms with Gasteiger partial charge in [-0.15, -0.1) is 0 Å². The lowest BCUT2D eigenvalue weighted by Gasteiger charge is -2.53. The summed E-state index contributed by atoms with van der Waals surface area (Å²) < 4.78 is 7.04. The predicted molar refractivity (Wildman–Crippen MR) is 120 cm³/mol. The number of nitrogens with one attached hydrogen (secondary N) is 1. The average Bonchev–Trinajstić information content (AvgIpc) is 3.23. The lowest BCUT2D eigenvalue weighted by molar-refractivity contribution is -0.0722. The van der Waals surface area contributed by atoms with Crippen LogP contribution in [0.3, 0.4) is 0 Å². The molecule has 6 rings (SSSR count). The van der Waals surface area contributed by atoms with E-state index >= 15 is 0 Å². The van der Waals surface area contributed by atoms with E-state index in [2.05, 4.69) is 33.0 Å². The van der Waals surface area contributed by atoms with Gasteiger partial charge in [-0.05, 0) is 112 Å². The molecule has 5 fully saturated rings. The minimum absolute atomic E-state index is 0.00517. The van der Waals surface area contributed by atoms with Crippen LogP contribution in [0, 0.1) is 40.9 Å². The van der Waals surface area contributed by atoms with Gasteiger partial charge < -0.3 is 15.2 Å². The fourth-order valence-electron chi connectivity index (χ4n) is 9.68. The molecule has 6 aliphatic rings. The Labute approximate surface area is 183 Å². The summed E-state index contributed by atoms with van der Waals surface area (Å²) in [6, 6.07) is 0.540. The molecular weight excluding hydrogens is 370 g/mol. The monoisotopic (exact) mass is 413 g/mol. The first-order valence-corrected chi connectivity index (χ1v) is 13.1. The quantitative estimate of drug-likeness (QED) is 0.544. The molecule has 1 spiro atoms. The number of allylic oxidation sites excluding steroid dienone is 1. The fourth-order valence-corrected chi connectivity index (χ4v) is 9.68. The van der Waals surface area contributed by atoms with Gasteiger partial charge in [-0.2, -0.15) is 0 Å². The fraction of sp³-hybridized carbons (Fsp3) is 0.926. The third kappa shape index (κ3) is 2.61. The Morgan fingerprint density at radius 1 is 1.07 bits per heavy atom. The van der Waals surface area contributed by atoms with Crippen molar-refractivity contribution < 1.29 is 9.84 Å². The van der Waals surface area contributed by atoms with Crippen LogP contribution in [0.1, 0.15) is 85.5 Å². The van der Waals surface area contributed by atoms with Crippen LogP contribution in [0.2, 0.25) is 0 Å². The van der Waals surface area contributed by atoms with E-state index in [1.165, 1.54) is 44.9 Å². The minimum atomic E-state index is -0.0431. The van der Waals surface area contributed by atoms with E-state index in [1.807, 2.05) is 5.57 Å². The van der Waals surface area contributed by atoms with E-state index in [0.29, 0.717) is 23.5 Å². The molecule has 2 heterocycles. The Morgan fingerprint density at radius 2 is 1.90 bits per heavy atom. The van der Waals surface area contributed by atoms with Gasteiger partial charge in [-0.1, -0.05) is 26.3 Å². The Hall–Kier alpha value is -0.380. The van der Waals surface area contributed by atoms with Crippen LogP contribution < -0.4 is 5.32 Å². The highest BCUT2D eigenvalue weighted by molar-refractivity contribution is 5.36. The van der Waals surface area contributed by atoms with Crippen molar-refractivity contribution in [1.29, 1.82) is 0 Å². The molecule has 4 aliphatic carbocycles. The molecule has 3 nitrogen and oxygen atoms in total. The van der Waals surface area contributed by atoms with E-state index in [9.17, 15) is 5.11 Å². The first kappa shape index (κ1) is 20.2. The number of hydrogen-bond acceptors (Lipinski definition) is 3. The number of piperidine rings is 1. The largest absolute Gasteiger partial charge is 0.393 e. The summed E-state index contributed by atoms with van der Waals surface area (Å²) >= 11 is 0. The van der Waals surface area contributed by atoms with E-state index in [1.54, 1.807) is 5.57 Å². The molecule has 3 saturated carbocycles. The minimum Gasteiger partial charge on any atom is -0.393 e. The third-order valence-corrected chi connectivity index (χ3v) is 11.4. The van der Waals surface area contributed by atoms with Gasteiger partial charge in [0.25, 0.3) is 0 Å². The summed E-state index contributed by atoms with van der Waals surface area (Å²) in [7, 11) is 0. The Balaban J connectivity index is 1.33. The number of aliphatic hydroxyl groups excluding tert-OH is 1. The number of ether oxygens (including phenoxy) is 1. The first-order chi connectivity index (χ1) is 14.3. The predicted octanol–water partition coefficient (Wildman–Crippen LogP) is 5.08. The van der Waals surface area contributed by atoms with E-state index in [4.69, 9.17) is 4.74 Å². The topological polar surface area (TPSA) is 41.5 Å². The van der Waals surface area contributed by atoms with Gasteiger partial charge in [-0.3, -0.25) is 0 Å². The summed E-state index contributed by atoms with van der Waals surface area (Å²) in [5, 5.41) is 14.2. The third-order valence-electron chi connectivity index (χ3n) is 11.4. The van der Waals surface area contributed by atoms with E-state index in [0.717, 1.165) is 49.0 Å². The first-order valence-electron chi connectivity index (χ1n) is 13.1. The molecule has 0 aromatic heterocycles. The van der Waals surface area contributed by atoms with Crippen molar-refractivity contribution in [2.24, 2.45) is 40.9 Å². The Morgan fingerprint density at radius 3 is 2.73 bits per heavy atom. The van der Waals surface area contributed by atoms with Crippen LogP contribution in [0.15, 0.2) is 11.1 Å². The lowest BCUT2D eigenvalue weighted by Crippen LogP contribution is -2.49. The summed E-state index contributed by atoms with van der Waals surface area (Å²) in [5.74, 6) is 4.60. The van der Waals surface area contributed by atoms with Crippen molar-refractivity contribution in [2.75, 3.05) is 6.54 Å². The average molecular weight is 414 g/mol. The van der Waals surface area contributed by atoms with Crippen LogP contribution in [0.4, 0.5) is 0 Å². The normalized spacial score (nSPS) is 57.7. The second-order valence-corrected chi connectivity index (χ2v) is 12.6. The second kappa shape index (κ2) is 6.81. The zero-order valence-corrected chi connectivity index (χ0v) is 19.6. The lowest BCUT2D eigenvalue weighted by atomic mass is 9.52. The van der Waals surface area contributed by atoms with Gasteiger partial charge >= 0.3 is 0 Å².